The molecule has 0 fully saturated rings. The number of nitrogens with zero attached hydrogens (tertiary/aromatic N) is 1. The molecule has 3 heteroatoms. The summed E-state index contributed by atoms with van der Waals surface area (Å²) in [4.78, 5) is 13.6. The maximum Gasteiger partial charge on any atom is 0.253 e. The number of amides is 1. The topological polar surface area (TPSA) is 20.3 Å². The fourth-order valence-corrected chi connectivity index (χ4v) is 2.07. The van der Waals surface area contributed by atoms with Crippen LogP contribution in [0.15, 0.2) is 60.7 Å². The summed E-state index contributed by atoms with van der Waals surface area (Å²) in [7, 11) is 1.72. The summed E-state index contributed by atoms with van der Waals surface area (Å²) >= 11 is 5.86. The van der Waals surface area contributed by atoms with Crippen molar-refractivity contribution in [3.63, 3.8) is 0 Å². The van der Waals surface area contributed by atoms with E-state index in [9.17, 15) is 4.79 Å². The number of benzene rings is 2. The number of hydrogen-bond donors (Lipinski definition) is 0. The van der Waals surface area contributed by atoms with Crippen LogP contribution in [0.3, 0.4) is 0 Å². The van der Waals surface area contributed by atoms with Crippen LogP contribution < -0.4 is 4.90 Å². The minimum atomic E-state index is -0.124. The number of rotatable bonds is 2. The van der Waals surface area contributed by atoms with E-state index in [0.29, 0.717) is 10.6 Å². The number of carbonyl (C=O) groups excluding carboxylic acids is 1. The lowest BCUT2D eigenvalue weighted by Gasteiger charge is -2.18. The van der Waals surface area contributed by atoms with Crippen LogP contribution in [0.1, 0.15) is 18.1 Å². The average Bonchev–Trinajstić information content (AvgIpc) is 2.53. The second-order valence-electron chi connectivity index (χ2n) is 4.92. The maximum atomic E-state index is 12.1. The third-order valence-corrected chi connectivity index (χ3v) is 3.37. The number of hydrogen-bond acceptors (Lipinski definition) is 1. The van der Waals surface area contributed by atoms with Gasteiger partial charge in [-0.25, -0.2) is 0 Å². The molecule has 2 nitrogen and oxygen atoms in total. The number of anilines is 1. The van der Waals surface area contributed by atoms with Crippen LogP contribution >= 0.6 is 11.6 Å². The Morgan fingerprint density at radius 3 is 2.36 bits per heavy atom. The van der Waals surface area contributed by atoms with E-state index in [1.54, 1.807) is 31.0 Å². The second-order valence-corrected chi connectivity index (χ2v) is 5.35. The lowest BCUT2D eigenvalue weighted by molar-refractivity contribution is -0.114. The lowest BCUT2D eigenvalue weighted by atomic mass is 10.1. The van der Waals surface area contributed by atoms with Crippen LogP contribution in [0.2, 0.25) is 5.02 Å². The molecule has 2 rings (SSSR count). The van der Waals surface area contributed by atoms with E-state index in [1.807, 2.05) is 36.4 Å². The predicted molar refractivity (Wildman–Crippen MR) is 92.1 cm³/mol. The maximum absolute atomic E-state index is 12.1. The fourth-order valence-electron chi connectivity index (χ4n) is 1.94. The Morgan fingerprint density at radius 2 is 1.73 bits per heavy atom. The van der Waals surface area contributed by atoms with Gasteiger partial charge in [0.1, 0.15) is 0 Å². The molecule has 0 atom stereocenters. The molecule has 0 aromatic heterocycles. The number of para-hydroxylation sites is 1. The molecular formula is C19H16ClNO. The monoisotopic (exact) mass is 309 g/mol. The van der Waals surface area contributed by atoms with Gasteiger partial charge in [0.25, 0.3) is 5.91 Å². The van der Waals surface area contributed by atoms with Crippen LogP contribution in [0, 0.1) is 11.8 Å². The average molecular weight is 310 g/mol. The van der Waals surface area contributed by atoms with Crippen molar-refractivity contribution < 1.29 is 4.79 Å². The molecule has 0 N–H and O–H groups in total. The van der Waals surface area contributed by atoms with Gasteiger partial charge >= 0.3 is 0 Å². The fraction of sp³-hybridized carbons (Fsp3) is 0.105. The van der Waals surface area contributed by atoms with E-state index in [-0.39, 0.29) is 5.91 Å². The first-order chi connectivity index (χ1) is 10.5. The molecule has 0 saturated heterocycles. The van der Waals surface area contributed by atoms with Gasteiger partial charge in [0, 0.05) is 28.8 Å². The van der Waals surface area contributed by atoms with Gasteiger partial charge in [0.15, 0.2) is 0 Å². The summed E-state index contributed by atoms with van der Waals surface area (Å²) in [5.74, 6) is 6.07. The lowest BCUT2D eigenvalue weighted by Crippen LogP contribution is -2.27. The van der Waals surface area contributed by atoms with Crippen molar-refractivity contribution >= 4 is 23.2 Å². The minimum Gasteiger partial charge on any atom is -0.310 e. The first-order valence-corrected chi connectivity index (χ1v) is 7.17. The van der Waals surface area contributed by atoms with Gasteiger partial charge in [-0.1, -0.05) is 42.2 Å². The van der Waals surface area contributed by atoms with Crippen LogP contribution in [0.25, 0.3) is 0 Å². The van der Waals surface area contributed by atoms with E-state index >= 15 is 0 Å². The van der Waals surface area contributed by atoms with Gasteiger partial charge in [-0.3, -0.25) is 4.79 Å². The second kappa shape index (κ2) is 6.98. The summed E-state index contributed by atoms with van der Waals surface area (Å²) in [6.07, 6.45) is 0. The summed E-state index contributed by atoms with van der Waals surface area (Å²) in [6.45, 7) is 5.39. The Labute approximate surface area is 136 Å². The highest BCUT2D eigenvalue weighted by Gasteiger charge is 2.13. The molecular weight excluding hydrogens is 294 g/mol. The third-order valence-electron chi connectivity index (χ3n) is 3.12. The molecule has 0 unspecified atom stereocenters. The first-order valence-electron chi connectivity index (χ1n) is 6.79. The van der Waals surface area contributed by atoms with E-state index in [2.05, 4.69) is 18.4 Å². The van der Waals surface area contributed by atoms with Crippen molar-refractivity contribution in [2.45, 2.75) is 6.92 Å². The summed E-state index contributed by atoms with van der Waals surface area (Å²) in [5, 5.41) is 0.678. The van der Waals surface area contributed by atoms with Crippen LogP contribution in [-0.4, -0.2) is 13.0 Å². The highest BCUT2D eigenvalue weighted by molar-refractivity contribution is 6.30. The van der Waals surface area contributed by atoms with Crippen molar-refractivity contribution in [3.8, 4) is 11.8 Å². The van der Waals surface area contributed by atoms with Crippen molar-refractivity contribution in [2.75, 3.05) is 11.9 Å². The SMILES string of the molecule is C=C(C)C(=O)N(C)c1ccccc1C#Cc1ccc(Cl)cc1. The van der Waals surface area contributed by atoms with Crippen LogP contribution in [0.4, 0.5) is 5.69 Å². The number of carbonyl (C=O) groups is 1. The Hall–Kier alpha value is -2.50. The highest BCUT2D eigenvalue weighted by Crippen LogP contribution is 2.20. The Kier molecular flexibility index (Phi) is 5.04. The van der Waals surface area contributed by atoms with E-state index in [4.69, 9.17) is 11.6 Å². The molecule has 1 amide bonds. The van der Waals surface area contributed by atoms with Gasteiger partial charge in [-0.2, -0.15) is 0 Å². The molecule has 0 aliphatic rings. The normalized spacial score (nSPS) is 9.59. The quantitative estimate of drug-likeness (QED) is 0.599. The standard InChI is InChI=1S/C19H16ClNO/c1-14(2)19(22)21(3)18-7-5-4-6-16(18)11-8-15-9-12-17(20)13-10-15/h4-7,9-10,12-13H,1H2,2-3H3. The van der Waals surface area contributed by atoms with Crippen LogP contribution in [-0.2, 0) is 4.79 Å². The van der Waals surface area contributed by atoms with E-state index in [1.165, 1.54) is 0 Å². The molecule has 2 aromatic carbocycles. The van der Waals surface area contributed by atoms with Crippen molar-refractivity contribution in [1.29, 1.82) is 0 Å². The zero-order valence-electron chi connectivity index (χ0n) is 12.6. The molecule has 0 heterocycles. The minimum absolute atomic E-state index is 0.124. The van der Waals surface area contributed by atoms with E-state index in [0.717, 1.165) is 16.8 Å². The number of likely N-dealkylation sites (N-methyl/N-ethyl adjacent to an activating group) is 1. The molecule has 22 heavy (non-hydrogen) atoms. The Morgan fingerprint density at radius 1 is 1.09 bits per heavy atom. The van der Waals surface area contributed by atoms with E-state index < -0.39 is 0 Å². The Balaban J connectivity index is 2.35. The predicted octanol–water partition coefficient (Wildman–Crippen LogP) is 4.28. The largest absolute Gasteiger partial charge is 0.310 e. The molecule has 0 radical (unpaired) electrons. The van der Waals surface area contributed by atoms with Gasteiger partial charge < -0.3 is 4.90 Å². The molecule has 0 spiro atoms. The number of halogens is 1. The smallest absolute Gasteiger partial charge is 0.253 e. The molecule has 0 bridgehead atoms. The summed E-state index contributed by atoms with van der Waals surface area (Å²) < 4.78 is 0. The summed E-state index contributed by atoms with van der Waals surface area (Å²) in [5.41, 5.74) is 2.91. The van der Waals surface area contributed by atoms with Gasteiger partial charge in [-0.05, 0) is 43.3 Å². The van der Waals surface area contributed by atoms with Crippen molar-refractivity contribution in [1.82, 2.24) is 0 Å². The molecule has 2 aromatic rings. The molecule has 110 valence electrons. The molecule has 0 aliphatic heterocycles. The van der Waals surface area contributed by atoms with Gasteiger partial charge in [-0.15, -0.1) is 0 Å². The van der Waals surface area contributed by atoms with Gasteiger partial charge in [0.2, 0.25) is 0 Å². The zero-order chi connectivity index (χ0) is 16.1. The molecule has 0 saturated carbocycles. The molecule has 0 aliphatic carbocycles. The van der Waals surface area contributed by atoms with Gasteiger partial charge in [0.05, 0.1) is 5.69 Å². The Bertz CT molecular complexity index is 766. The summed E-state index contributed by atoms with van der Waals surface area (Å²) in [6, 6.07) is 14.9. The zero-order valence-corrected chi connectivity index (χ0v) is 13.3. The van der Waals surface area contributed by atoms with Crippen molar-refractivity contribution in [3.05, 3.63) is 76.8 Å². The highest BCUT2D eigenvalue weighted by atomic mass is 35.5. The third kappa shape index (κ3) is 3.78. The first kappa shape index (κ1) is 15.9. The van der Waals surface area contributed by atoms with Crippen LogP contribution in [0.5, 0.6) is 0 Å². The van der Waals surface area contributed by atoms with Crippen molar-refractivity contribution in [2.24, 2.45) is 0 Å².